The van der Waals surface area contributed by atoms with Crippen molar-refractivity contribution in [2.75, 3.05) is 23.7 Å². The van der Waals surface area contributed by atoms with Crippen molar-refractivity contribution in [1.29, 1.82) is 0 Å². The molecular weight excluding hydrogens is 437 g/mol. The molecule has 0 atom stereocenters. The molecule has 5 rings (SSSR count). The molecule has 6 nitrogen and oxygen atoms in total. The van der Waals surface area contributed by atoms with Gasteiger partial charge in [-0.25, -0.2) is 4.39 Å². The van der Waals surface area contributed by atoms with Gasteiger partial charge in [0.15, 0.2) is 5.16 Å². The Labute approximate surface area is 199 Å². The summed E-state index contributed by atoms with van der Waals surface area (Å²) in [6, 6.07) is 7.28. The van der Waals surface area contributed by atoms with Crippen LogP contribution in [0.25, 0.3) is 0 Å². The van der Waals surface area contributed by atoms with E-state index in [0.717, 1.165) is 42.6 Å². The summed E-state index contributed by atoms with van der Waals surface area (Å²) in [6.45, 7) is 2.63. The number of anilines is 1. The van der Waals surface area contributed by atoms with Gasteiger partial charge in [0.1, 0.15) is 5.82 Å². The van der Waals surface area contributed by atoms with Crippen LogP contribution < -0.4 is 4.90 Å². The lowest BCUT2D eigenvalue weighted by Gasteiger charge is -2.34. The van der Waals surface area contributed by atoms with E-state index in [0.29, 0.717) is 18.3 Å². The summed E-state index contributed by atoms with van der Waals surface area (Å²) in [7, 11) is 0. The highest BCUT2D eigenvalue weighted by molar-refractivity contribution is 7.99. The van der Waals surface area contributed by atoms with Gasteiger partial charge in [-0.15, -0.1) is 10.2 Å². The molecule has 2 aromatic rings. The van der Waals surface area contributed by atoms with Crippen molar-refractivity contribution in [3.8, 4) is 0 Å². The Hall–Kier alpha value is -2.09. The molecule has 2 heterocycles. The summed E-state index contributed by atoms with van der Waals surface area (Å²) >= 11 is 1.53. The third-order valence-corrected chi connectivity index (χ3v) is 8.05. The van der Waals surface area contributed by atoms with Crippen LogP contribution in [0.2, 0.25) is 0 Å². The van der Waals surface area contributed by atoms with Gasteiger partial charge in [0, 0.05) is 31.7 Å². The van der Waals surface area contributed by atoms with Crippen LogP contribution in [0, 0.1) is 5.82 Å². The third kappa shape index (κ3) is 5.53. The zero-order valence-corrected chi connectivity index (χ0v) is 20.1. The topological polar surface area (TPSA) is 54.3 Å². The maximum atomic E-state index is 13.5. The maximum absolute atomic E-state index is 13.5. The molecule has 1 saturated heterocycles. The van der Waals surface area contributed by atoms with Gasteiger partial charge in [0.2, 0.25) is 11.9 Å². The van der Waals surface area contributed by atoms with Crippen LogP contribution in [-0.4, -0.2) is 50.5 Å². The van der Waals surface area contributed by atoms with Gasteiger partial charge < -0.3 is 9.80 Å². The zero-order valence-electron chi connectivity index (χ0n) is 19.3. The van der Waals surface area contributed by atoms with Gasteiger partial charge in [-0.05, 0) is 62.6 Å². The van der Waals surface area contributed by atoms with Crippen molar-refractivity contribution in [2.45, 2.75) is 88.0 Å². The van der Waals surface area contributed by atoms with Gasteiger partial charge in [0.25, 0.3) is 0 Å². The second-order valence-corrected chi connectivity index (χ2v) is 10.6. The molecule has 2 aliphatic carbocycles. The number of rotatable bonds is 8. The number of nitrogens with zero attached hydrogens (tertiary/aromatic N) is 5. The summed E-state index contributed by atoms with van der Waals surface area (Å²) in [5, 5.41) is 9.93. The quantitative estimate of drug-likeness (QED) is 0.496. The largest absolute Gasteiger partial charge is 0.341 e. The van der Waals surface area contributed by atoms with E-state index in [2.05, 4.69) is 19.7 Å². The van der Waals surface area contributed by atoms with E-state index in [-0.39, 0.29) is 17.8 Å². The molecule has 0 radical (unpaired) electrons. The van der Waals surface area contributed by atoms with Gasteiger partial charge in [-0.1, -0.05) is 43.2 Å². The lowest BCUT2D eigenvalue weighted by Crippen LogP contribution is -2.42. The molecule has 1 aliphatic heterocycles. The van der Waals surface area contributed by atoms with E-state index in [1.807, 2.05) is 4.90 Å². The second kappa shape index (κ2) is 10.5. The Morgan fingerprint density at radius 3 is 2.36 bits per heavy atom. The predicted octanol–water partition coefficient (Wildman–Crippen LogP) is 5.20. The average molecular weight is 472 g/mol. The van der Waals surface area contributed by atoms with Gasteiger partial charge in [0.05, 0.1) is 5.75 Å². The highest BCUT2D eigenvalue weighted by Crippen LogP contribution is 2.41. The molecule has 8 heteroatoms. The lowest BCUT2D eigenvalue weighted by molar-refractivity contribution is -0.132. The van der Waals surface area contributed by atoms with E-state index in [1.165, 1.54) is 75.3 Å². The second-order valence-electron chi connectivity index (χ2n) is 9.66. The summed E-state index contributed by atoms with van der Waals surface area (Å²) in [5.74, 6) is 1.25. The van der Waals surface area contributed by atoms with Gasteiger partial charge in [-0.2, -0.15) is 0 Å². The number of thioether (sulfide) groups is 1. The lowest BCUT2D eigenvalue weighted by atomic mass is 9.94. The molecule has 33 heavy (non-hydrogen) atoms. The van der Waals surface area contributed by atoms with Crippen LogP contribution in [-0.2, 0) is 11.3 Å². The fraction of sp³-hybridized carbons (Fsp3) is 0.640. The van der Waals surface area contributed by atoms with E-state index in [1.54, 1.807) is 12.1 Å². The Balaban J connectivity index is 1.29. The predicted molar refractivity (Wildman–Crippen MR) is 129 cm³/mol. The Bertz CT molecular complexity index is 933. The van der Waals surface area contributed by atoms with Crippen LogP contribution in [0.3, 0.4) is 0 Å². The minimum Gasteiger partial charge on any atom is -0.341 e. The van der Waals surface area contributed by atoms with Crippen LogP contribution >= 0.6 is 11.8 Å². The number of hydrogen-bond donors (Lipinski definition) is 0. The van der Waals surface area contributed by atoms with Crippen molar-refractivity contribution in [1.82, 2.24) is 19.7 Å². The fourth-order valence-corrected chi connectivity index (χ4v) is 6.03. The van der Waals surface area contributed by atoms with Crippen LogP contribution in [0.5, 0.6) is 0 Å². The van der Waals surface area contributed by atoms with E-state index < -0.39 is 0 Å². The van der Waals surface area contributed by atoms with Crippen LogP contribution in [0.15, 0.2) is 29.4 Å². The molecular formula is C25H34FN5OS. The molecule has 178 valence electrons. The minimum absolute atomic E-state index is 0.140. The molecule has 0 N–H and O–H groups in total. The average Bonchev–Trinajstić information content (AvgIpc) is 3.61. The molecule has 0 spiro atoms. The number of aromatic nitrogens is 3. The van der Waals surface area contributed by atoms with Crippen LogP contribution in [0.4, 0.5) is 10.3 Å². The monoisotopic (exact) mass is 471 g/mol. The van der Waals surface area contributed by atoms with Gasteiger partial charge in [-0.3, -0.25) is 9.36 Å². The first kappa shape index (κ1) is 22.7. The number of carbonyl (C=O) groups is 1. The molecule has 1 amide bonds. The number of amides is 1. The molecule has 0 bridgehead atoms. The van der Waals surface area contributed by atoms with E-state index in [9.17, 15) is 9.18 Å². The Kier molecular flexibility index (Phi) is 7.19. The molecule has 3 aliphatic rings. The number of halogens is 1. The normalized spacial score (nSPS) is 19.6. The van der Waals surface area contributed by atoms with Crippen molar-refractivity contribution < 1.29 is 9.18 Å². The Morgan fingerprint density at radius 1 is 0.970 bits per heavy atom. The molecule has 1 aromatic carbocycles. The summed E-state index contributed by atoms with van der Waals surface area (Å²) in [5.41, 5.74) is 0.980. The first-order valence-corrected chi connectivity index (χ1v) is 13.5. The molecule has 1 aromatic heterocycles. The summed E-state index contributed by atoms with van der Waals surface area (Å²) in [4.78, 5) is 17.9. The number of benzene rings is 1. The third-order valence-electron chi connectivity index (χ3n) is 7.12. The molecule has 0 unspecified atom stereocenters. The fourth-order valence-electron chi connectivity index (χ4n) is 5.14. The van der Waals surface area contributed by atoms with E-state index >= 15 is 0 Å². The minimum atomic E-state index is -0.242. The molecule has 2 saturated carbocycles. The zero-order chi connectivity index (χ0) is 22.6. The van der Waals surface area contributed by atoms with Crippen molar-refractivity contribution in [3.05, 3.63) is 35.6 Å². The highest BCUT2D eigenvalue weighted by atomic mass is 32.2. The summed E-state index contributed by atoms with van der Waals surface area (Å²) < 4.78 is 15.7. The van der Waals surface area contributed by atoms with Crippen molar-refractivity contribution in [2.24, 2.45) is 0 Å². The number of piperidine rings is 1. The number of carbonyl (C=O) groups excluding carboxylic acids is 1. The van der Waals surface area contributed by atoms with Crippen molar-refractivity contribution in [3.63, 3.8) is 0 Å². The highest BCUT2D eigenvalue weighted by Gasteiger charge is 2.33. The SMILES string of the molecule is O=C(CSc1nnc(N2CCCCC2)n1C1CC1)N(Cc1ccc(F)cc1)C1CCCCC1. The first-order chi connectivity index (χ1) is 16.2. The van der Waals surface area contributed by atoms with E-state index in [4.69, 9.17) is 0 Å². The van der Waals surface area contributed by atoms with Crippen molar-refractivity contribution >= 4 is 23.6 Å². The standard InChI is InChI=1S/C25H34FN5OS/c26-20-11-9-19(10-12-20)17-30(21-7-3-1-4-8-21)23(32)18-33-25-28-27-24(31(25)22-13-14-22)29-15-5-2-6-16-29/h9-12,21-22H,1-8,13-18H2. The maximum Gasteiger partial charge on any atom is 0.233 e. The Morgan fingerprint density at radius 2 is 1.67 bits per heavy atom. The van der Waals surface area contributed by atoms with Crippen LogP contribution in [0.1, 0.15) is 75.8 Å². The first-order valence-electron chi connectivity index (χ1n) is 12.6. The van der Waals surface area contributed by atoms with Gasteiger partial charge >= 0.3 is 0 Å². The summed E-state index contributed by atoms with van der Waals surface area (Å²) in [6.07, 6.45) is 11.7. The number of hydrogen-bond acceptors (Lipinski definition) is 5. The molecule has 3 fully saturated rings. The smallest absolute Gasteiger partial charge is 0.233 e.